The minimum Gasteiger partial charge on any atom is -0.493 e. The maximum atomic E-state index is 5.34. The lowest BCUT2D eigenvalue weighted by Gasteiger charge is -2.12. The second kappa shape index (κ2) is 11.2. The van der Waals surface area contributed by atoms with Crippen molar-refractivity contribution in [1.82, 2.24) is 15.6 Å². The minimum atomic E-state index is 0. The van der Waals surface area contributed by atoms with E-state index in [-0.39, 0.29) is 24.0 Å². The van der Waals surface area contributed by atoms with Crippen LogP contribution in [0.2, 0.25) is 0 Å². The summed E-state index contributed by atoms with van der Waals surface area (Å²) in [5.41, 5.74) is 2.25. The van der Waals surface area contributed by atoms with Crippen LogP contribution in [0, 0.1) is 13.8 Å². The van der Waals surface area contributed by atoms with Crippen LogP contribution in [0.15, 0.2) is 23.2 Å². The Bertz CT molecular complexity index is 734. The molecule has 1 aromatic carbocycles. The molecule has 0 aliphatic carbocycles. The molecule has 0 saturated heterocycles. The molecular weight excluding hydrogens is 463 g/mol. The van der Waals surface area contributed by atoms with Gasteiger partial charge in [0.2, 0.25) is 0 Å². The molecule has 2 N–H and O–H groups in total. The van der Waals surface area contributed by atoms with Gasteiger partial charge in [-0.25, -0.2) is 4.98 Å². The first-order valence-corrected chi connectivity index (χ1v) is 8.97. The second-order valence-corrected chi connectivity index (χ2v) is 6.82. The van der Waals surface area contributed by atoms with Crippen molar-refractivity contribution in [3.8, 4) is 11.5 Å². The molecule has 2 rings (SSSR count). The van der Waals surface area contributed by atoms with E-state index in [4.69, 9.17) is 9.47 Å². The predicted octanol–water partition coefficient (Wildman–Crippen LogP) is 3.30. The summed E-state index contributed by atoms with van der Waals surface area (Å²) in [6.45, 7) is 5.56. The van der Waals surface area contributed by atoms with Crippen LogP contribution >= 0.6 is 35.3 Å². The van der Waals surface area contributed by atoms with Crippen LogP contribution in [0.4, 0.5) is 0 Å². The molecule has 8 heteroatoms. The summed E-state index contributed by atoms with van der Waals surface area (Å²) in [6.07, 6.45) is 0.861. The number of aromatic nitrogens is 1. The Morgan fingerprint density at radius 3 is 2.46 bits per heavy atom. The molecule has 0 radical (unpaired) electrons. The monoisotopic (exact) mass is 490 g/mol. The zero-order chi connectivity index (χ0) is 18.2. The number of thiazole rings is 1. The number of benzene rings is 1. The number of ether oxygens (including phenoxy) is 2. The number of hydrogen-bond acceptors (Lipinski definition) is 5. The Kier molecular flexibility index (Phi) is 9.71. The highest BCUT2D eigenvalue weighted by Gasteiger charge is 2.07. The highest BCUT2D eigenvalue weighted by molar-refractivity contribution is 14.0. The van der Waals surface area contributed by atoms with Gasteiger partial charge in [0, 0.05) is 18.5 Å². The van der Waals surface area contributed by atoms with Gasteiger partial charge in [-0.1, -0.05) is 6.07 Å². The molecule has 26 heavy (non-hydrogen) atoms. The normalized spacial score (nSPS) is 10.9. The van der Waals surface area contributed by atoms with Gasteiger partial charge in [0.15, 0.2) is 17.5 Å². The van der Waals surface area contributed by atoms with Crippen LogP contribution in [-0.4, -0.2) is 38.8 Å². The number of nitrogens with zero attached hydrogens (tertiary/aromatic N) is 2. The first-order valence-electron chi connectivity index (χ1n) is 8.15. The van der Waals surface area contributed by atoms with E-state index in [1.165, 1.54) is 10.4 Å². The lowest BCUT2D eigenvalue weighted by molar-refractivity contribution is 0.354. The van der Waals surface area contributed by atoms with E-state index < -0.39 is 0 Å². The van der Waals surface area contributed by atoms with Crippen LogP contribution in [0.3, 0.4) is 0 Å². The molecule has 1 aromatic heterocycles. The van der Waals surface area contributed by atoms with E-state index in [2.05, 4.69) is 20.6 Å². The molecule has 0 unspecified atom stereocenters. The van der Waals surface area contributed by atoms with Crippen LogP contribution in [0.1, 0.15) is 21.1 Å². The van der Waals surface area contributed by atoms with Crippen molar-refractivity contribution in [1.29, 1.82) is 0 Å². The molecule has 0 aliphatic heterocycles. The van der Waals surface area contributed by atoms with Gasteiger partial charge in [-0.05, 0) is 38.0 Å². The molecule has 144 valence electrons. The molecule has 6 nitrogen and oxygen atoms in total. The van der Waals surface area contributed by atoms with Gasteiger partial charge in [-0.2, -0.15) is 0 Å². The first kappa shape index (κ1) is 22.5. The van der Waals surface area contributed by atoms with Gasteiger partial charge < -0.3 is 20.1 Å². The number of guanidine groups is 1. The quantitative estimate of drug-likeness (QED) is 0.354. The van der Waals surface area contributed by atoms with Crippen LogP contribution < -0.4 is 20.1 Å². The van der Waals surface area contributed by atoms with E-state index in [1.54, 1.807) is 32.6 Å². The fourth-order valence-corrected chi connectivity index (χ4v) is 3.36. The van der Waals surface area contributed by atoms with E-state index in [1.807, 2.05) is 32.0 Å². The van der Waals surface area contributed by atoms with Crippen LogP contribution in [-0.2, 0) is 13.0 Å². The minimum absolute atomic E-state index is 0. The van der Waals surface area contributed by atoms with Crippen molar-refractivity contribution in [3.05, 3.63) is 39.3 Å². The maximum absolute atomic E-state index is 5.34. The Hall–Kier alpha value is -1.55. The third kappa shape index (κ3) is 6.31. The number of aryl methyl sites for hydroxylation is 2. The standard InChI is InChI=1S/C18H26N4O2S.HI/c1-12-17(25-13(2)22-12)11-21-18(19-3)20-9-8-14-6-7-15(23-4)16(10-14)24-5;/h6-7,10H,8-9,11H2,1-5H3,(H2,19,20,21);1H. The molecule has 0 fully saturated rings. The maximum Gasteiger partial charge on any atom is 0.191 e. The largest absolute Gasteiger partial charge is 0.493 e. The first-order chi connectivity index (χ1) is 12.1. The van der Waals surface area contributed by atoms with E-state index in [0.29, 0.717) is 0 Å². The summed E-state index contributed by atoms with van der Waals surface area (Å²) >= 11 is 1.71. The van der Waals surface area contributed by atoms with Gasteiger partial charge in [0.05, 0.1) is 31.5 Å². The molecule has 0 saturated carbocycles. The lowest BCUT2D eigenvalue weighted by atomic mass is 10.1. The summed E-state index contributed by atoms with van der Waals surface area (Å²) in [5, 5.41) is 7.75. The molecular formula is C18H27IN4O2S. The van der Waals surface area contributed by atoms with E-state index in [0.717, 1.165) is 47.7 Å². The Balaban J connectivity index is 0.00000338. The van der Waals surface area contributed by atoms with Crippen LogP contribution in [0.25, 0.3) is 0 Å². The van der Waals surface area contributed by atoms with Gasteiger partial charge in [0.1, 0.15) is 0 Å². The summed E-state index contributed by atoms with van der Waals surface area (Å²) < 4.78 is 10.6. The Morgan fingerprint density at radius 1 is 1.15 bits per heavy atom. The van der Waals surface area contributed by atoms with Crippen molar-refractivity contribution < 1.29 is 9.47 Å². The number of rotatable bonds is 7. The van der Waals surface area contributed by atoms with Gasteiger partial charge >= 0.3 is 0 Å². The molecule has 0 atom stereocenters. The molecule has 0 aliphatic rings. The van der Waals surface area contributed by atoms with Crippen molar-refractivity contribution in [3.63, 3.8) is 0 Å². The lowest BCUT2D eigenvalue weighted by Crippen LogP contribution is -2.37. The summed E-state index contributed by atoms with van der Waals surface area (Å²) in [4.78, 5) is 9.95. The number of hydrogen-bond donors (Lipinski definition) is 2. The number of nitrogens with one attached hydrogen (secondary N) is 2. The average Bonchev–Trinajstić information content (AvgIpc) is 2.95. The smallest absolute Gasteiger partial charge is 0.191 e. The van der Waals surface area contributed by atoms with Gasteiger partial charge in [0.25, 0.3) is 0 Å². The molecule has 0 spiro atoms. The summed E-state index contributed by atoms with van der Waals surface area (Å²) in [5.74, 6) is 2.27. The Morgan fingerprint density at radius 2 is 1.88 bits per heavy atom. The number of methoxy groups -OCH3 is 2. The zero-order valence-electron chi connectivity index (χ0n) is 15.9. The fraction of sp³-hybridized carbons (Fsp3) is 0.444. The van der Waals surface area contributed by atoms with Gasteiger partial charge in [-0.15, -0.1) is 35.3 Å². The van der Waals surface area contributed by atoms with Crippen molar-refractivity contribution in [2.45, 2.75) is 26.8 Å². The summed E-state index contributed by atoms with van der Waals surface area (Å²) in [6, 6.07) is 5.97. The molecule has 0 bridgehead atoms. The highest BCUT2D eigenvalue weighted by Crippen LogP contribution is 2.27. The average molecular weight is 490 g/mol. The second-order valence-electron chi connectivity index (χ2n) is 5.53. The summed E-state index contributed by atoms with van der Waals surface area (Å²) in [7, 11) is 5.06. The predicted molar refractivity (Wildman–Crippen MR) is 118 cm³/mol. The van der Waals surface area contributed by atoms with Gasteiger partial charge in [-0.3, -0.25) is 4.99 Å². The van der Waals surface area contributed by atoms with Crippen LogP contribution in [0.5, 0.6) is 11.5 Å². The molecule has 1 heterocycles. The van der Waals surface area contributed by atoms with Crippen molar-refractivity contribution in [2.24, 2.45) is 4.99 Å². The number of aliphatic imine (C=N–C) groups is 1. The molecule has 2 aromatic rings. The van der Waals surface area contributed by atoms with Crippen molar-refractivity contribution >= 4 is 41.3 Å². The van der Waals surface area contributed by atoms with E-state index in [9.17, 15) is 0 Å². The topological polar surface area (TPSA) is 67.8 Å². The number of halogens is 1. The third-order valence-electron chi connectivity index (χ3n) is 3.79. The SMILES string of the molecule is CN=C(NCCc1ccc(OC)c(OC)c1)NCc1sc(C)nc1C.I. The Labute approximate surface area is 176 Å². The third-order valence-corrected chi connectivity index (χ3v) is 4.87. The highest BCUT2D eigenvalue weighted by atomic mass is 127. The zero-order valence-corrected chi connectivity index (χ0v) is 19.0. The fourth-order valence-electron chi connectivity index (χ4n) is 2.48. The van der Waals surface area contributed by atoms with Crippen molar-refractivity contribution in [2.75, 3.05) is 27.8 Å². The molecule has 0 amide bonds. The van der Waals surface area contributed by atoms with E-state index >= 15 is 0 Å².